The van der Waals surface area contributed by atoms with Crippen molar-refractivity contribution in [1.82, 2.24) is 0 Å². The summed E-state index contributed by atoms with van der Waals surface area (Å²) in [6.07, 6.45) is 4.27. The minimum absolute atomic E-state index is 0.406. The van der Waals surface area contributed by atoms with Crippen LogP contribution in [0.2, 0.25) is 5.02 Å². The number of benzene rings is 1. The number of rotatable bonds is 3. The SMILES string of the molecule is O=Cc1cccc(Cl)c1C=CCCl. The Morgan fingerprint density at radius 3 is 2.77 bits per heavy atom. The van der Waals surface area contributed by atoms with E-state index < -0.39 is 0 Å². The van der Waals surface area contributed by atoms with E-state index in [1.54, 1.807) is 30.4 Å². The number of aldehydes is 1. The molecule has 0 saturated carbocycles. The number of alkyl halides is 1. The molecule has 68 valence electrons. The average molecular weight is 215 g/mol. The predicted molar refractivity (Wildman–Crippen MR) is 56.6 cm³/mol. The molecule has 1 aromatic carbocycles. The second-order valence-corrected chi connectivity index (χ2v) is 3.13. The van der Waals surface area contributed by atoms with Crippen molar-refractivity contribution in [2.45, 2.75) is 0 Å². The van der Waals surface area contributed by atoms with E-state index >= 15 is 0 Å². The maximum Gasteiger partial charge on any atom is 0.150 e. The molecule has 0 spiro atoms. The minimum Gasteiger partial charge on any atom is -0.298 e. The number of hydrogen-bond donors (Lipinski definition) is 0. The molecule has 1 nitrogen and oxygen atoms in total. The Kier molecular flexibility index (Phi) is 4.00. The number of allylic oxidation sites excluding steroid dienone is 1. The summed E-state index contributed by atoms with van der Waals surface area (Å²) in [5, 5.41) is 0.561. The third kappa shape index (κ3) is 2.58. The molecular formula is C10H8Cl2O. The maximum absolute atomic E-state index is 10.6. The summed E-state index contributed by atoms with van der Waals surface area (Å²) in [7, 11) is 0. The summed E-state index contributed by atoms with van der Waals surface area (Å²) >= 11 is 11.4. The first kappa shape index (κ1) is 10.3. The number of carbonyl (C=O) groups excluding carboxylic acids is 1. The molecular weight excluding hydrogens is 207 g/mol. The summed E-state index contributed by atoms with van der Waals surface area (Å²) in [4.78, 5) is 10.6. The van der Waals surface area contributed by atoms with Gasteiger partial charge in [-0.25, -0.2) is 0 Å². The van der Waals surface area contributed by atoms with Crippen LogP contribution in [0, 0.1) is 0 Å². The quantitative estimate of drug-likeness (QED) is 0.557. The molecule has 13 heavy (non-hydrogen) atoms. The molecule has 0 N–H and O–H groups in total. The lowest BCUT2D eigenvalue weighted by Crippen LogP contribution is -1.86. The van der Waals surface area contributed by atoms with Crippen LogP contribution in [0.15, 0.2) is 24.3 Å². The molecule has 0 saturated heterocycles. The Balaban J connectivity index is 3.14. The van der Waals surface area contributed by atoms with E-state index in [1.807, 2.05) is 0 Å². The van der Waals surface area contributed by atoms with Gasteiger partial charge < -0.3 is 0 Å². The van der Waals surface area contributed by atoms with Crippen LogP contribution in [0.25, 0.3) is 6.08 Å². The van der Waals surface area contributed by atoms with Crippen LogP contribution in [0.5, 0.6) is 0 Å². The van der Waals surface area contributed by atoms with Gasteiger partial charge in [-0.2, -0.15) is 0 Å². The first-order valence-electron chi connectivity index (χ1n) is 3.75. The van der Waals surface area contributed by atoms with Crippen molar-refractivity contribution in [3.63, 3.8) is 0 Å². The van der Waals surface area contributed by atoms with Crippen LogP contribution < -0.4 is 0 Å². The van der Waals surface area contributed by atoms with Crippen molar-refractivity contribution in [3.05, 3.63) is 40.4 Å². The molecule has 0 fully saturated rings. The zero-order chi connectivity index (χ0) is 9.68. The Morgan fingerprint density at radius 2 is 2.15 bits per heavy atom. The van der Waals surface area contributed by atoms with E-state index in [9.17, 15) is 4.79 Å². The predicted octanol–water partition coefficient (Wildman–Crippen LogP) is 3.40. The highest BCUT2D eigenvalue weighted by Gasteiger charge is 2.01. The van der Waals surface area contributed by atoms with E-state index in [0.717, 1.165) is 11.8 Å². The highest BCUT2D eigenvalue weighted by Crippen LogP contribution is 2.20. The summed E-state index contributed by atoms with van der Waals surface area (Å²) in [6.45, 7) is 0. The molecule has 1 rings (SSSR count). The second kappa shape index (κ2) is 5.05. The average Bonchev–Trinajstić information content (AvgIpc) is 2.15. The summed E-state index contributed by atoms with van der Waals surface area (Å²) in [5.41, 5.74) is 1.30. The van der Waals surface area contributed by atoms with Gasteiger partial charge >= 0.3 is 0 Å². The fourth-order valence-corrected chi connectivity index (χ4v) is 1.33. The van der Waals surface area contributed by atoms with Crippen molar-refractivity contribution in [2.24, 2.45) is 0 Å². The smallest absolute Gasteiger partial charge is 0.150 e. The standard InChI is InChI=1S/C10H8Cl2O/c11-6-2-4-9-8(7-13)3-1-5-10(9)12/h1-5,7H,6H2. The van der Waals surface area contributed by atoms with Crippen LogP contribution >= 0.6 is 23.2 Å². The van der Waals surface area contributed by atoms with E-state index in [4.69, 9.17) is 23.2 Å². The topological polar surface area (TPSA) is 17.1 Å². The fraction of sp³-hybridized carbons (Fsp3) is 0.100. The van der Waals surface area contributed by atoms with Crippen LogP contribution in [-0.2, 0) is 0 Å². The van der Waals surface area contributed by atoms with Gasteiger partial charge in [0.15, 0.2) is 6.29 Å². The van der Waals surface area contributed by atoms with Gasteiger partial charge in [0, 0.05) is 22.0 Å². The first-order valence-corrected chi connectivity index (χ1v) is 4.67. The third-order valence-corrected chi connectivity index (χ3v) is 2.09. The molecule has 3 heteroatoms. The molecule has 0 unspecified atom stereocenters. The Labute approximate surface area is 87.0 Å². The molecule has 0 aliphatic heterocycles. The molecule has 0 aliphatic carbocycles. The lowest BCUT2D eigenvalue weighted by Gasteiger charge is -2.00. The van der Waals surface area contributed by atoms with E-state index in [0.29, 0.717) is 16.5 Å². The molecule has 1 aromatic rings. The summed E-state index contributed by atoms with van der Waals surface area (Å²) < 4.78 is 0. The Morgan fingerprint density at radius 1 is 1.38 bits per heavy atom. The van der Waals surface area contributed by atoms with Crippen LogP contribution in [0.3, 0.4) is 0 Å². The lowest BCUT2D eigenvalue weighted by molar-refractivity contribution is 0.112. The zero-order valence-electron chi connectivity index (χ0n) is 6.84. The van der Waals surface area contributed by atoms with Crippen molar-refractivity contribution >= 4 is 35.6 Å². The summed E-state index contributed by atoms with van der Waals surface area (Å²) in [6, 6.07) is 5.19. The van der Waals surface area contributed by atoms with Crippen LogP contribution in [-0.4, -0.2) is 12.2 Å². The van der Waals surface area contributed by atoms with E-state index in [-0.39, 0.29) is 0 Å². The normalized spacial score (nSPS) is 10.6. The van der Waals surface area contributed by atoms with Gasteiger partial charge in [-0.15, -0.1) is 11.6 Å². The van der Waals surface area contributed by atoms with Gasteiger partial charge in [0.2, 0.25) is 0 Å². The van der Waals surface area contributed by atoms with Crippen molar-refractivity contribution < 1.29 is 4.79 Å². The Bertz CT molecular complexity index is 332. The third-order valence-electron chi connectivity index (χ3n) is 1.59. The van der Waals surface area contributed by atoms with Crippen molar-refractivity contribution in [1.29, 1.82) is 0 Å². The summed E-state index contributed by atoms with van der Waals surface area (Å²) in [5.74, 6) is 0.406. The molecule has 0 atom stereocenters. The van der Waals surface area contributed by atoms with Gasteiger partial charge in [0.25, 0.3) is 0 Å². The monoisotopic (exact) mass is 214 g/mol. The number of carbonyl (C=O) groups is 1. The lowest BCUT2D eigenvalue weighted by atomic mass is 10.1. The molecule has 0 aliphatic rings. The van der Waals surface area contributed by atoms with Gasteiger partial charge in [-0.3, -0.25) is 4.79 Å². The first-order chi connectivity index (χ1) is 6.29. The van der Waals surface area contributed by atoms with Crippen molar-refractivity contribution in [3.8, 4) is 0 Å². The van der Waals surface area contributed by atoms with E-state index in [1.165, 1.54) is 0 Å². The highest BCUT2D eigenvalue weighted by molar-refractivity contribution is 6.32. The largest absolute Gasteiger partial charge is 0.298 e. The molecule has 0 heterocycles. The van der Waals surface area contributed by atoms with Crippen LogP contribution in [0.1, 0.15) is 15.9 Å². The van der Waals surface area contributed by atoms with Crippen LogP contribution in [0.4, 0.5) is 0 Å². The maximum atomic E-state index is 10.6. The number of hydrogen-bond acceptors (Lipinski definition) is 1. The van der Waals surface area contributed by atoms with Gasteiger partial charge in [-0.1, -0.05) is 35.9 Å². The minimum atomic E-state index is 0.406. The fourth-order valence-electron chi connectivity index (χ4n) is 0.995. The molecule has 0 amide bonds. The highest BCUT2D eigenvalue weighted by atomic mass is 35.5. The Hall–Kier alpha value is -0.790. The van der Waals surface area contributed by atoms with Crippen molar-refractivity contribution in [2.75, 3.05) is 5.88 Å². The number of halogens is 2. The zero-order valence-corrected chi connectivity index (χ0v) is 8.35. The second-order valence-electron chi connectivity index (χ2n) is 2.42. The molecule has 0 aromatic heterocycles. The van der Waals surface area contributed by atoms with Gasteiger partial charge in [0.05, 0.1) is 0 Å². The molecule has 0 bridgehead atoms. The van der Waals surface area contributed by atoms with E-state index in [2.05, 4.69) is 0 Å². The van der Waals surface area contributed by atoms with Gasteiger partial charge in [0.1, 0.15) is 0 Å². The molecule has 0 radical (unpaired) electrons. The van der Waals surface area contributed by atoms with Gasteiger partial charge in [-0.05, 0) is 6.07 Å².